The maximum atomic E-state index is 2.55. The highest BCUT2D eigenvalue weighted by Crippen LogP contribution is 2.57. The van der Waals surface area contributed by atoms with Gasteiger partial charge in [-0.1, -0.05) is 65.8 Å². The largest absolute Gasteiger partial charge is 0.216 e. The Morgan fingerprint density at radius 2 is 1.66 bits per heavy atom. The zero-order valence-electron chi connectivity index (χ0n) is 21.4. The van der Waals surface area contributed by atoms with Crippen LogP contribution in [-0.4, -0.2) is 0 Å². The number of fused-ring (bicyclic) bond motifs is 6. The molecule has 0 N–H and O–H groups in total. The second kappa shape index (κ2) is 6.80. The Balaban J connectivity index is 1.92. The van der Waals surface area contributed by atoms with E-state index in [1.165, 1.54) is 50.2 Å². The zero-order chi connectivity index (χ0) is 23.2. The molecule has 0 aliphatic heterocycles. The summed E-state index contributed by atoms with van der Waals surface area (Å²) in [5, 5.41) is 0. The lowest BCUT2D eigenvalue weighted by Crippen LogP contribution is -2.49. The van der Waals surface area contributed by atoms with Gasteiger partial charge in [0.05, 0.1) is 5.56 Å². The lowest BCUT2D eigenvalue weighted by atomic mass is 9.54. The van der Waals surface area contributed by atoms with Gasteiger partial charge in [-0.15, -0.1) is 0 Å². The van der Waals surface area contributed by atoms with E-state index in [1.807, 2.05) is 0 Å². The Morgan fingerprint density at radius 1 is 0.969 bits per heavy atom. The first-order valence-corrected chi connectivity index (χ1v) is 12.2. The summed E-state index contributed by atoms with van der Waals surface area (Å²) >= 11 is 0. The Morgan fingerprint density at radius 3 is 2.34 bits per heavy atom. The summed E-state index contributed by atoms with van der Waals surface area (Å²) in [5.41, 5.74) is 16.4. The van der Waals surface area contributed by atoms with Crippen molar-refractivity contribution in [2.24, 2.45) is 13.0 Å². The van der Waals surface area contributed by atoms with Crippen LogP contribution in [0.15, 0.2) is 36.5 Å². The van der Waals surface area contributed by atoms with Crippen molar-refractivity contribution in [1.29, 1.82) is 0 Å². The van der Waals surface area contributed by atoms with Crippen LogP contribution in [0, 0.1) is 19.8 Å². The number of hydrogen-bond donors (Lipinski definition) is 0. The van der Waals surface area contributed by atoms with Gasteiger partial charge in [0.25, 0.3) is 0 Å². The van der Waals surface area contributed by atoms with Crippen molar-refractivity contribution in [3.8, 4) is 22.4 Å². The van der Waals surface area contributed by atoms with E-state index in [0.29, 0.717) is 5.92 Å². The minimum absolute atomic E-state index is 0.0270. The Hall–Kier alpha value is -2.41. The van der Waals surface area contributed by atoms with Crippen LogP contribution < -0.4 is 4.57 Å². The average molecular weight is 425 g/mol. The van der Waals surface area contributed by atoms with Gasteiger partial charge < -0.3 is 0 Å². The molecule has 1 heteroatoms. The molecule has 166 valence electrons. The van der Waals surface area contributed by atoms with E-state index in [9.17, 15) is 0 Å². The number of pyridine rings is 1. The standard InChI is InChI=1S/C31H38N/c1-18(2)14-23-19(3)17-32(9)29-27-20(4)24-15-21-12-10-11-13-22(21)25(24)16-26(27)30(5,6)31(7,8)28(23)29/h10-13,16-18H,14-15H2,1-9H3/q+1. The van der Waals surface area contributed by atoms with Crippen LogP contribution >= 0.6 is 0 Å². The van der Waals surface area contributed by atoms with Crippen molar-refractivity contribution in [3.63, 3.8) is 0 Å². The second-order valence-electron chi connectivity index (χ2n) is 11.8. The van der Waals surface area contributed by atoms with Crippen molar-refractivity contribution in [1.82, 2.24) is 0 Å². The monoisotopic (exact) mass is 424 g/mol. The van der Waals surface area contributed by atoms with Gasteiger partial charge in [0, 0.05) is 16.5 Å². The molecule has 0 amide bonds. The number of aromatic nitrogens is 1. The van der Waals surface area contributed by atoms with E-state index in [4.69, 9.17) is 0 Å². The SMILES string of the molecule is Cc1c[n+](C)c2c(c1CC(C)C)C(C)(C)C(C)(C)c1cc3c(c(C)c1-2)Cc1ccccc1-3. The highest BCUT2D eigenvalue weighted by atomic mass is 14.9. The number of rotatable bonds is 2. The number of hydrogen-bond acceptors (Lipinski definition) is 0. The minimum atomic E-state index is 0.0270. The first-order chi connectivity index (χ1) is 15.0. The van der Waals surface area contributed by atoms with E-state index >= 15 is 0 Å². The number of aryl methyl sites for hydroxylation is 2. The third-order valence-electron chi connectivity index (χ3n) is 8.85. The predicted molar refractivity (Wildman–Crippen MR) is 135 cm³/mol. The molecule has 5 rings (SSSR count). The first kappa shape index (κ1) is 21.4. The lowest BCUT2D eigenvalue weighted by Gasteiger charge is -2.48. The molecule has 2 aromatic carbocycles. The van der Waals surface area contributed by atoms with Crippen molar-refractivity contribution >= 4 is 0 Å². The maximum absolute atomic E-state index is 2.55. The quantitative estimate of drug-likeness (QED) is 0.301. The number of benzene rings is 2. The molecule has 0 saturated heterocycles. The molecule has 1 heterocycles. The van der Waals surface area contributed by atoms with Crippen molar-refractivity contribution in [2.75, 3.05) is 0 Å². The average Bonchev–Trinajstić information content (AvgIpc) is 3.08. The van der Waals surface area contributed by atoms with Crippen molar-refractivity contribution in [3.05, 3.63) is 75.5 Å². The molecule has 0 atom stereocenters. The van der Waals surface area contributed by atoms with E-state index in [0.717, 1.165) is 12.8 Å². The van der Waals surface area contributed by atoms with Gasteiger partial charge in [0.1, 0.15) is 7.05 Å². The summed E-state index contributed by atoms with van der Waals surface area (Å²) < 4.78 is 2.42. The summed E-state index contributed by atoms with van der Waals surface area (Å²) in [6, 6.07) is 11.5. The molecule has 3 aromatic rings. The summed E-state index contributed by atoms with van der Waals surface area (Å²) in [5.74, 6) is 0.640. The predicted octanol–water partition coefficient (Wildman–Crippen LogP) is 7.13. The highest BCUT2D eigenvalue weighted by molar-refractivity contribution is 5.87. The van der Waals surface area contributed by atoms with E-state index in [1.54, 1.807) is 11.1 Å². The molecule has 2 aliphatic rings. The lowest BCUT2D eigenvalue weighted by molar-refractivity contribution is -0.661. The van der Waals surface area contributed by atoms with Crippen LogP contribution in [0.2, 0.25) is 0 Å². The molecule has 0 saturated carbocycles. The molecule has 0 bridgehead atoms. The fourth-order valence-electron chi connectivity index (χ4n) is 6.50. The first-order valence-electron chi connectivity index (χ1n) is 12.2. The maximum Gasteiger partial charge on any atom is 0.216 e. The van der Waals surface area contributed by atoms with Crippen LogP contribution in [0.4, 0.5) is 0 Å². The Labute approximate surface area is 194 Å². The van der Waals surface area contributed by atoms with Crippen molar-refractivity contribution < 1.29 is 4.57 Å². The Bertz CT molecular complexity index is 1270. The topological polar surface area (TPSA) is 3.88 Å². The van der Waals surface area contributed by atoms with Gasteiger partial charge in [0.15, 0.2) is 6.20 Å². The third-order valence-corrected chi connectivity index (χ3v) is 8.85. The second-order valence-corrected chi connectivity index (χ2v) is 11.8. The fourth-order valence-corrected chi connectivity index (χ4v) is 6.50. The van der Waals surface area contributed by atoms with Gasteiger partial charge >= 0.3 is 0 Å². The van der Waals surface area contributed by atoms with Gasteiger partial charge in [-0.3, -0.25) is 0 Å². The zero-order valence-corrected chi connectivity index (χ0v) is 21.4. The highest BCUT2D eigenvalue weighted by Gasteiger charge is 2.51. The van der Waals surface area contributed by atoms with Crippen LogP contribution in [0.3, 0.4) is 0 Å². The van der Waals surface area contributed by atoms with Crippen molar-refractivity contribution in [2.45, 2.75) is 79.1 Å². The molecule has 0 unspecified atom stereocenters. The number of nitrogens with zero attached hydrogens (tertiary/aromatic N) is 1. The van der Waals surface area contributed by atoms with Crippen LogP contribution in [0.25, 0.3) is 22.4 Å². The third kappa shape index (κ3) is 2.66. The fraction of sp³-hybridized carbons (Fsp3) is 0.452. The molecule has 0 fully saturated rings. The summed E-state index contributed by atoms with van der Waals surface area (Å²) in [7, 11) is 2.25. The van der Waals surface area contributed by atoms with E-state index in [2.05, 4.69) is 104 Å². The minimum Gasteiger partial charge on any atom is -0.200 e. The molecule has 0 radical (unpaired) electrons. The van der Waals surface area contributed by atoms with E-state index in [-0.39, 0.29) is 10.8 Å². The normalized spacial score (nSPS) is 17.1. The molecule has 0 spiro atoms. The van der Waals surface area contributed by atoms with Crippen LogP contribution in [0.5, 0.6) is 0 Å². The molecule has 1 nitrogen and oxygen atoms in total. The van der Waals surface area contributed by atoms with Gasteiger partial charge in [-0.05, 0) is 83.0 Å². The molecular formula is C31H38N+. The van der Waals surface area contributed by atoms with Gasteiger partial charge in [-0.25, -0.2) is 4.57 Å². The molecular weight excluding hydrogens is 386 g/mol. The van der Waals surface area contributed by atoms with Gasteiger partial charge in [0.2, 0.25) is 5.69 Å². The molecule has 1 aromatic heterocycles. The smallest absolute Gasteiger partial charge is 0.200 e. The van der Waals surface area contributed by atoms with Crippen LogP contribution in [-0.2, 0) is 30.7 Å². The Kier molecular flexibility index (Phi) is 4.55. The van der Waals surface area contributed by atoms with Crippen LogP contribution in [0.1, 0.15) is 80.5 Å². The summed E-state index contributed by atoms with van der Waals surface area (Å²) in [6.45, 7) is 19.3. The molecule has 2 aliphatic carbocycles. The molecule has 32 heavy (non-hydrogen) atoms. The van der Waals surface area contributed by atoms with E-state index < -0.39 is 0 Å². The van der Waals surface area contributed by atoms with Gasteiger partial charge in [-0.2, -0.15) is 0 Å². The summed E-state index contributed by atoms with van der Waals surface area (Å²) in [4.78, 5) is 0. The summed E-state index contributed by atoms with van der Waals surface area (Å²) in [6.07, 6.45) is 4.56.